The largest absolute Gasteiger partial charge is 0.444 e. The van der Waals surface area contributed by atoms with E-state index in [1.807, 2.05) is 26.8 Å². The molecule has 0 unspecified atom stereocenters. The first-order valence-electron chi connectivity index (χ1n) is 7.56. The number of rotatable bonds is 3. The van der Waals surface area contributed by atoms with E-state index in [9.17, 15) is 9.90 Å². The molecule has 0 atom stereocenters. The number of hydrogen-bond donors (Lipinski definition) is 1. The van der Waals surface area contributed by atoms with Gasteiger partial charge in [-0.15, -0.1) is 0 Å². The number of carbonyl (C=O) groups excluding carboxylic acids is 1. The lowest BCUT2D eigenvalue weighted by molar-refractivity contribution is -0.00176. The molecule has 0 aromatic heterocycles. The van der Waals surface area contributed by atoms with E-state index in [1.54, 1.807) is 18.0 Å². The van der Waals surface area contributed by atoms with Crippen molar-refractivity contribution in [3.8, 4) is 6.07 Å². The van der Waals surface area contributed by atoms with E-state index in [4.69, 9.17) is 10.00 Å². The molecular formula is C17H25N3O3. The molecule has 1 amide bonds. The number of likely N-dealkylation sites (tertiary alicyclic amines) is 1. The lowest BCUT2D eigenvalue weighted by Gasteiger charge is -2.38. The Morgan fingerprint density at radius 3 is 2.39 bits per heavy atom. The van der Waals surface area contributed by atoms with E-state index >= 15 is 0 Å². The predicted octanol–water partition coefficient (Wildman–Crippen LogP) is 2.46. The first-order valence-corrected chi connectivity index (χ1v) is 7.56. The van der Waals surface area contributed by atoms with Crippen molar-refractivity contribution < 1.29 is 14.6 Å². The van der Waals surface area contributed by atoms with Gasteiger partial charge in [-0.2, -0.15) is 5.26 Å². The van der Waals surface area contributed by atoms with Crippen LogP contribution in [-0.2, 0) is 4.74 Å². The van der Waals surface area contributed by atoms with E-state index < -0.39 is 11.2 Å². The number of aliphatic imine (C=N–C) groups is 1. The highest BCUT2D eigenvalue weighted by atomic mass is 16.6. The molecule has 1 heterocycles. The molecule has 6 heteroatoms. The Bertz CT molecular complexity index is 557. The third-order valence-electron chi connectivity index (χ3n) is 3.55. The Balaban J connectivity index is 2.72. The molecule has 1 aliphatic rings. The van der Waals surface area contributed by atoms with E-state index in [-0.39, 0.29) is 6.09 Å². The summed E-state index contributed by atoms with van der Waals surface area (Å²) in [6, 6.07) is 1.92. The average molecular weight is 319 g/mol. The number of piperidine rings is 1. The van der Waals surface area contributed by atoms with E-state index in [1.165, 1.54) is 6.08 Å². The fraction of sp³-hybridized carbons (Fsp3) is 0.588. The van der Waals surface area contributed by atoms with Gasteiger partial charge in [0.05, 0.1) is 11.8 Å². The van der Waals surface area contributed by atoms with E-state index in [2.05, 4.69) is 11.6 Å². The molecule has 0 spiro atoms. The molecule has 1 saturated heterocycles. The van der Waals surface area contributed by atoms with Crippen LogP contribution >= 0.6 is 0 Å². The zero-order chi connectivity index (χ0) is 17.7. The second kappa shape index (κ2) is 7.42. The van der Waals surface area contributed by atoms with Crippen molar-refractivity contribution in [2.45, 2.75) is 44.8 Å². The maximum atomic E-state index is 12.0. The molecule has 1 N–H and O–H groups in total. The molecule has 6 nitrogen and oxygen atoms in total. The van der Waals surface area contributed by atoms with Gasteiger partial charge in [-0.25, -0.2) is 4.79 Å². The van der Waals surface area contributed by atoms with Gasteiger partial charge in [0.25, 0.3) is 0 Å². The molecule has 1 aliphatic heterocycles. The minimum atomic E-state index is -1.11. The maximum absolute atomic E-state index is 12.0. The summed E-state index contributed by atoms with van der Waals surface area (Å²) in [7, 11) is 1.59. The van der Waals surface area contributed by atoms with Crippen molar-refractivity contribution in [1.29, 1.82) is 5.26 Å². The van der Waals surface area contributed by atoms with Crippen LogP contribution in [0, 0.1) is 11.3 Å². The molecule has 0 aliphatic carbocycles. The van der Waals surface area contributed by atoms with Crippen LogP contribution < -0.4 is 0 Å². The van der Waals surface area contributed by atoms with Crippen LogP contribution in [0.2, 0.25) is 0 Å². The van der Waals surface area contributed by atoms with Gasteiger partial charge >= 0.3 is 6.09 Å². The average Bonchev–Trinajstić information content (AvgIpc) is 2.46. The monoisotopic (exact) mass is 319 g/mol. The Morgan fingerprint density at radius 2 is 1.96 bits per heavy atom. The minimum absolute atomic E-state index is 0.293. The Kier molecular flexibility index (Phi) is 6.11. The van der Waals surface area contributed by atoms with Crippen LogP contribution in [0.5, 0.6) is 0 Å². The smallest absolute Gasteiger partial charge is 0.410 e. The zero-order valence-corrected chi connectivity index (χ0v) is 14.3. The first kappa shape index (κ1) is 18.9. The number of aliphatic hydroxyl groups is 1. The Hall–Kier alpha value is -2.13. The molecule has 1 rings (SSSR count). The zero-order valence-electron chi connectivity index (χ0n) is 14.3. The summed E-state index contributed by atoms with van der Waals surface area (Å²) in [4.78, 5) is 17.8. The summed E-state index contributed by atoms with van der Waals surface area (Å²) in [5.41, 5.74) is -0.875. The summed E-state index contributed by atoms with van der Waals surface area (Å²) < 4.78 is 5.34. The van der Waals surface area contributed by atoms with E-state index in [0.29, 0.717) is 37.2 Å². The molecule has 0 bridgehead atoms. The fourth-order valence-electron chi connectivity index (χ4n) is 2.30. The van der Waals surface area contributed by atoms with Crippen LogP contribution in [0.15, 0.2) is 29.3 Å². The van der Waals surface area contributed by atoms with Gasteiger partial charge in [0.1, 0.15) is 11.2 Å². The Morgan fingerprint density at radius 1 is 1.39 bits per heavy atom. The second-order valence-electron chi connectivity index (χ2n) is 6.58. The molecule has 1 fully saturated rings. The standard InChI is InChI=1S/C17H25N3O3/c1-13(12-18)6-7-14(19-5)17(22)8-10-20(11-9-17)15(21)23-16(2,3)4/h6-7,22H,1,8-11H2,2-5H3/b7-6-,19-14+. The topological polar surface area (TPSA) is 85.9 Å². The van der Waals surface area contributed by atoms with Gasteiger partial charge in [0.15, 0.2) is 0 Å². The highest BCUT2D eigenvalue weighted by Crippen LogP contribution is 2.26. The molecule has 0 aromatic rings. The number of carbonyl (C=O) groups is 1. The van der Waals surface area contributed by atoms with Crippen LogP contribution in [0.3, 0.4) is 0 Å². The Labute approximate surface area is 137 Å². The second-order valence-corrected chi connectivity index (χ2v) is 6.58. The van der Waals surface area contributed by atoms with Crippen LogP contribution in [0.1, 0.15) is 33.6 Å². The quantitative estimate of drug-likeness (QED) is 0.492. The molecule has 0 aromatic carbocycles. The molecule has 0 radical (unpaired) electrons. The van der Waals surface area contributed by atoms with Gasteiger partial charge < -0.3 is 14.7 Å². The lowest BCUT2D eigenvalue weighted by atomic mass is 9.86. The number of nitrogens with zero attached hydrogens (tertiary/aromatic N) is 3. The number of ether oxygens (including phenoxy) is 1. The van der Waals surface area contributed by atoms with Crippen LogP contribution in [0.25, 0.3) is 0 Å². The van der Waals surface area contributed by atoms with Crippen molar-refractivity contribution in [3.63, 3.8) is 0 Å². The lowest BCUT2D eigenvalue weighted by Crippen LogP contribution is -2.51. The summed E-state index contributed by atoms with van der Waals surface area (Å²) in [5, 5.41) is 19.5. The normalized spacial score (nSPS) is 18.6. The molecule has 0 saturated carbocycles. The van der Waals surface area contributed by atoms with Crippen molar-refractivity contribution in [2.75, 3.05) is 20.1 Å². The fourth-order valence-corrected chi connectivity index (χ4v) is 2.30. The summed E-state index contributed by atoms with van der Waals surface area (Å²) in [5.74, 6) is 0. The third kappa shape index (κ3) is 5.53. The minimum Gasteiger partial charge on any atom is -0.444 e. The third-order valence-corrected chi connectivity index (χ3v) is 3.55. The molecule has 126 valence electrons. The van der Waals surface area contributed by atoms with Crippen molar-refractivity contribution in [1.82, 2.24) is 4.90 Å². The van der Waals surface area contributed by atoms with Gasteiger partial charge in [0, 0.05) is 25.7 Å². The predicted molar refractivity (Wildman–Crippen MR) is 89.2 cm³/mol. The van der Waals surface area contributed by atoms with Crippen molar-refractivity contribution >= 4 is 11.8 Å². The van der Waals surface area contributed by atoms with Gasteiger partial charge in [-0.3, -0.25) is 4.99 Å². The summed E-state index contributed by atoms with van der Waals surface area (Å²) in [6.45, 7) is 9.79. The van der Waals surface area contributed by atoms with E-state index in [0.717, 1.165) is 0 Å². The summed E-state index contributed by atoms with van der Waals surface area (Å²) >= 11 is 0. The SMILES string of the molecule is C=C(C#N)/C=C\C(=N/C)C1(O)CCN(C(=O)OC(C)(C)C)CC1. The highest BCUT2D eigenvalue weighted by molar-refractivity contribution is 6.02. The maximum Gasteiger partial charge on any atom is 0.410 e. The highest BCUT2D eigenvalue weighted by Gasteiger charge is 2.38. The molecular weight excluding hydrogens is 294 g/mol. The number of amides is 1. The number of allylic oxidation sites excluding steroid dienone is 2. The van der Waals surface area contributed by atoms with Gasteiger partial charge in [-0.1, -0.05) is 6.58 Å². The molecule has 23 heavy (non-hydrogen) atoms. The van der Waals surface area contributed by atoms with Crippen LogP contribution in [0.4, 0.5) is 4.79 Å². The number of nitriles is 1. The van der Waals surface area contributed by atoms with Crippen molar-refractivity contribution in [3.05, 3.63) is 24.3 Å². The summed E-state index contributed by atoms with van der Waals surface area (Å²) in [6.07, 6.45) is 3.49. The van der Waals surface area contributed by atoms with Gasteiger partial charge in [-0.05, 0) is 45.8 Å². The van der Waals surface area contributed by atoms with Crippen molar-refractivity contribution in [2.24, 2.45) is 4.99 Å². The van der Waals surface area contributed by atoms with Crippen LogP contribution in [-0.4, -0.2) is 53.2 Å². The first-order chi connectivity index (χ1) is 10.6. The van der Waals surface area contributed by atoms with Gasteiger partial charge in [0.2, 0.25) is 0 Å². The number of hydrogen-bond acceptors (Lipinski definition) is 5.